The highest BCUT2D eigenvalue weighted by atomic mass is 16.5. The van der Waals surface area contributed by atoms with E-state index in [2.05, 4.69) is 0 Å². The van der Waals surface area contributed by atoms with Gasteiger partial charge in [-0.3, -0.25) is 4.79 Å². The van der Waals surface area contributed by atoms with Gasteiger partial charge in [-0.1, -0.05) is 0 Å². The molecule has 0 unspecified atom stereocenters. The summed E-state index contributed by atoms with van der Waals surface area (Å²) in [6.07, 6.45) is 0.193. The zero-order chi connectivity index (χ0) is 17.0. The second kappa shape index (κ2) is 6.87. The summed E-state index contributed by atoms with van der Waals surface area (Å²) in [6, 6.07) is 5.23. The van der Waals surface area contributed by atoms with Crippen LogP contribution in [0.15, 0.2) is 18.2 Å². The lowest BCUT2D eigenvalue weighted by Gasteiger charge is -2.35. The van der Waals surface area contributed by atoms with Crippen LogP contribution in [0.2, 0.25) is 0 Å². The number of piperidine rings is 1. The first-order chi connectivity index (χ1) is 10.9. The van der Waals surface area contributed by atoms with Crippen molar-refractivity contribution in [3.8, 4) is 11.5 Å². The first-order valence-corrected chi connectivity index (χ1v) is 7.34. The van der Waals surface area contributed by atoms with Gasteiger partial charge in [-0.15, -0.1) is 0 Å². The predicted molar refractivity (Wildman–Crippen MR) is 81.6 cm³/mol. The van der Waals surface area contributed by atoms with Gasteiger partial charge >= 0.3 is 5.97 Å². The smallest absolute Gasteiger partial charge is 0.335 e. The Hall–Kier alpha value is -2.28. The summed E-state index contributed by atoms with van der Waals surface area (Å²) < 4.78 is 10.4. The van der Waals surface area contributed by atoms with Crippen LogP contribution in [-0.4, -0.2) is 59.9 Å². The summed E-state index contributed by atoms with van der Waals surface area (Å²) in [7, 11) is 3.08. The molecule has 7 heteroatoms. The average Bonchev–Trinajstić information content (AvgIpc) is 2.55. The molecule has 0 bridgehead atoms. The van der Waals surface area contributed by atoms with Crippen LogP contribution in [0, 0.1) is 0 Å². The third kappa shape index (κ3) is 3.73. The molecule has 23 heavy (non-hydrogen) atoms. The second-order valence-corrected chi connectivity index (χ2v) is 5.57. The van der Waals surface area contributed by atoms with E-state index in [4.69, 9.17) is 14.6 Å². The standard InChI is InChI=1S/C16H21NO6/c1-22-12-3-4-13(23-2)11(9-12)10-14(18)17-7-5-16(21,6-8-17)15(19)20/h3-4,9,21H,5-8,10H2,1-2H3,(H,19,20). The summed E-state index contributed by atoms with van der Waals surface area (Å²) in [5.41, 5.74) is -1.03. The number of carbonyl (C=O) groups excluding carboxylic acids is 1. The lowest BCUT2D eigenvalue weighted by atomic mass is 9.91. The molecule has 1 aliphatic rings. The van der Waals surface area contributed by atoms with E-state index in [0.29, 0.717) is 17.1 Å². The Morgan fingerprint density at radius 1 is 1.22 bits per heavy atom. The van der Waals surface area contributed by atoms with Crippen molar-refractivity contribution in [2.75, 3.05) is 27.3 Å². The van der Waals surface area contributed by atoms with Gasteiger partial charge < -0.3 is 24.6 Å². The number of carboxylic acids is 1. The summed E-state index contributed by atoms with van der Waals surface area (Å²) in [4.78, 5) is 25.0. The molecule has 0 saturated carbocycles. The molecule has 2 N–H and O–H groups in total. The third-order valence-corrected chi connectivity index (χ3v) is 4.17. The van der Waals surface area contributed by atoms with E-state index in [-0.39, 0.29) is 38.3 Å². The van der Waals surface area contributed by atoms with Crippen molar-refractivity contribution in [2.45, 2.75) is 24.9 Å². The van der Waals surface area contributed by atoms with Crippen LogP contribution in [0.1, 0.15) is 18.4 Å². The molecule has 0 radical (unpaired) electrons. The van der Waals surface area contributed by atoms with Crippen LogP contribution < -0.4 is 9.47 Å². The number of amides is 1. The van der Waals surface area contributed by atoms with Crippen molar-refractivity contribution in [3.05, 3.63) is 23.8 Å². The van der Waals surface area contributed by atoms with E-state index < -0.39 is 11.6 Å². The number of carbonyl (C=O) groups is 2. The molecule has 7 nitrogen and oxygen atoms in total. The maximum absolute atomic E-state index is 12.4. The molecule has 0 aromatic heterocycles. The fourth-order valence-corrected chi connectivity index (χ4v) is 2.63. The van der Waals surface area contributed by atoms with E-state index in [9.17, 15) is 14.7 Å². The molecular formula is C16H21NO6. The Morgan fingerprint density at radius 2 is 1.87 bits per heavy atom. The van der Waals surface area contributed by atoms with Crippen molar-refractivity contribution < 1.29 is 29.3 Å². The van der Waals surface area contributed by atoms with Gasteiger partial charge in [0.1, 0.15) is 11.5 Å². The van der Waals surface area contributed by atoms with Gasteiger partial charge in [0.05, 0.1) is 20.6 Å². The van der Waals surface area contributed by atoms with Crippen LogP contribution >= 0.6 is 0 Å². The van der Waals surface area contributed by atoms with E-state index in [0.717, 1.165) is 0 Å². The molecule has 126 valence electrons. The fraction of sp³-hybridized carbons (Fsp3) is 0.500. The van der Waals surface area contributed by atoms with Crippen LogP contribution in [0.3, 0.4) is 0 Å². The topological polar surface area (TPSA) is 96.3 Å². The highest BCUT2D eigenvalue weighted by Crippen LogP contribution is 2.27. The number of aliphatic hydroxyl groups is 1. The van der Waals surface area contributed by atoms with E-state index >= 15 is 0 Å². The third-order valence-electron chi connectivity index (χ3n) is 4.17. The lowest BCUT2D eigenvalue weighted by Crippen LogP contribution is -2.51. The quantitative estimate of drug-likeness (QED) is 0.827. The number of nitrogens with zero attached hydrogens (tertiary/aromatic N) is 1. The van der Waals surface area contributed by atoms with Gasteiger partial charge in [0.15, 0.2) is 5.60 Å². The number of carboxylic acid groups (broad SMARTS) is 1. The summed E-state index contributed by atoms with van der Waals surface area (Å²) in [5.74, 6) is -0.145. The molecule has 0 aliphatic carbocycles. The molecule has 0 atom stereocenters. The molecule has 1 aliphatic heterocycles. The normalized spacial score (nSPS) is 16.7. The lowest BCUT2D eigenvalue weighted by molar-refractivity contribution is -0.165. The van der Waals surface area contributed by atoms with Crippen molar-refractivity contribution in [3.63, 3.8) is 0 Å². The minimum absolute atomic E-state index is 0.0311. The number of likely N-dealkylation sites (tertiary alicyclic amines) is 1. The largest absolute Gasteiger partial charge is 0.497 e. The highest BCUT2D eigenvalue weighted by Gasteiger charge is 2.40. The number of methoxy groups -OCH3 is 2. The first kappa shape index (κ1) is 17.1. The number of benzene rings is 1. The maximum atomic E-state index is 12.4. The molecule has 1 aromatic rings. The van der Waals surface area contributed by atoms with Crippen molar-refractivity contribution in [1.29, 1.82) is 0 Å². The Balaban J connectivity index is 2.04. The maximum Gasteiger partial charge on any atom is 0.335 e. The summed E-state index contributed by atoms with van der Waals surface area (Å²) in [6.45, 7) is 0.432. The summed E-state index contributed by atoms with van der Waals surface area (Å²) >= 11 is 0. The number of hydrogen-bond donors (Lipinski definition) is 2. The monoisotopic (exact) mass is 323 g/mol. The van der Waals surface area contributed by atoms with Gasteiger partial charge in [-0.2, -0.15) is 0 Å². The van der Waals surface area contributed by atoms with Gasteiger partial charge in [-0.25, -0.2) is 4.79 Å². The van der Waals surface area contributed by atoms with Gasteiger partial charge in [0.25, 0.3) is 0 Å². The molecule has 1 aromatic carbocycles. The Bertz CT molecular complexity index is 592. The highest BCUT2D eigenvalue weighted by molar-refractivity contribution is 5.81. The van der Waals surface area contributed by atoms with Crippen molar-refractivity contribution >= 4 is 11.9 Å². The molecule has 1 saturated heterocycles. The van der Waals surface area contributed by atoms with Crippen LogP contribution in [-0.2, 0) is 16.0 Å². The van der Waals surface area contributed by atoms with Crippen LogP contribution in [0.4, 0.5) is 0 Å². The van der Waals surface area contributed by atoms with Crippen LogP contribution in [0.5, 0.6) is 11.5 Å². The van der Waals surface area contributed by atoms with Crippen molar-refractivity contribution in [2.24, 2.45) is 0 Å². The zero-order valence-corrected chi connectivity index (χ0v) is 13.2. The number of hydrogen-bond acceptors (Lipinski definition) is 5. The van der Waals surface area contributed by atoms with Gasteiger partial charge in [0, 0.05) is 31.5 Å². The first-order valence-electron chi connectivity index (χ1n) is 7.34. The van der Waals surface area contributed by atoms with Gasteiger partial charge in [-0.05, 0) is 18.2 Å². The van der Waals surface area contributed by atoms with E-state index in [1.54, 1.807) is 30.2 Å². The fourth-order valence-electron chi connectivity index (χ4n) is 2.63. The number of ether oxygens (including phenoxy) is 2. The molecule has 1 amide bonds. The SMILES string of the molecule is COc1ccc(OC)c(CC(=O)N2CCC(O)(C(=O)O)CC2)c1. The Morgan fingerprint density at radius 3 is 2.39 bits per heavy atom. The Labute approximate surface area is 134 Å². The summed E-state index contributed by atoms with van der Waals surface area (Å²) in [5, 5.41) is 18.9. The predicted octanol–water partition coefficient (Wildman–Crippen LogP) is 0.684. The Kier molecular flexibility index (Phi) is 5.10. The minimum atomic E-state index is -1.73. The molecule has 2 rings (SSSR count). The van der Waals surface area contributed by atoms with Crippen LogP contribution in [0.25, 0.3) is 0 Å². The molecule has 0 spiro atoms. The molecule has 1 heterocycles. The average molecular weight is 323 g/mol. The zero-order valence-electron chi connectivity index (χ0n) is 13.2. The van der Waals surface area contributed by atoms with E-state index in [1.165, 1.54) is 7.11 Å². The second-order valence-electron chi connectivity index (χ2n) is 5.57. The number of aliphatic carboxylic acids is 1. The number of rotatable bonds is 5. The van der Waals surface area contributed by atoms with E-state index in [1.807, 2.05) is 0 Å². The molecule has 1 fully saturated rings. The van der Waals surface area contributed by atoms with Gasteiger partial charge in [0.2, 0.25) is 5.91 Å². The minimum Gasteiger partial charge on any atom is -0.497 e. The van der Waals surface area contributed by atoms with Crippen molar-refractivity contribution in [1.82, 2.24) is 4.90 Å². The molecular weight excluding hydrogens is 302 g/mol.